The number of amides is 2. The zero-order chi connectivity index (χ0) is 33.2. The number of ether oxygens (including phenoxy) is 5. The number of methoxy groups -OCH3 is 1. The number of benzene rings is 2. The zero-order valence-corrected chi connectivity index (χ0v) is 27.1. The minimum absolute atomic E-state index is 0.0153. The quantitative estimate of drug-likeness (QED) is 0.232. The van der Waals surface area contributed by atoms with E-state index in [-0.39, 0.29) is 42.6 Å². The van der Waals surface area contributed by atoms with Crippen LogP contribution in [0.3, 0.4) is 0 Å². The van der Waals surface area contributed by atoms with Crippen molar-refractivity contribution in [2.45, 2.75) is 43.9 Å². The van der Waals surface area contributed by atoms with Crippen LogP contribution in [-0.4, -0.2) is 106 Å². The van der Waals surface area contributed by atoms with E-state index < -0.39 is 17.8 Å². The van der Waals surface area contributed by atoms with Crippen LogP contribution >= 0.6 is 0 Å². The van der Waals surface area contributed by atoms with Crippen LogP contribution in [0.15, 0.2) is 66.4 Å². The Hall–Kier alpha value is -3.97. The molecule has 2 saturated heterocycles. The second kappa shape index (κ2) is 16.2. The fraction of sp³-hybridized carbons (Fsp3) is 0.514. The van der Waals surface area contributed by atoms with E-state index in [0.717, 1.165) is 11.3 Å². The van der Waals surface area contributed by atoms with E-state index in [9.17, 15) is 14.4 Å². The number of anilines is 1. The Morgan fingerprint density at radius 2 is 1.70 bits per heavy atom. The summed E-state index contributed by atoms with van der Waals surface area (Å²) in [7, 11) is 1.34. The Morgan fingerprint density at radius 1 is 1.00 bits per heavy atom. The number of likely N-dealkylation sites (tertiary alicyclic amines) is 1. The van der Waals surface area contributed by atoms with E-state index in [2.05, 4.69) is 10.2 Å². The molecule has 2 N–H and O–H groups in total. The zero-order valence-electron chi connectivity index (χ0n) is 27.1. The van der Waals surface area contributed by atoms with Crippen molar-refractivity contribution in [2.75, 3.05) is 71.4 Å². The van der Waals surface area contributed by atoms with Gasteiger partial charge in [-0.05, 0) is 62.1 Å². The Kier molecular flexibility index (Phi) is 11.9. The number of aliphatic hydroxyl groups excluding tert-OH is 1. The normalized spacial score (nSPS) is 22.1. The van der Waals surface area contributed by atoms with Crippen molar-refractivity contribution in [2.24, 2.45) is 5.92 Å². The van der Waals surface area contributed by atoms with E-state index in [1.54, 1.807) is 17.0 Å². The predicted octanol–water partition coefficient (Wildman–Crippen LogP) is 2.82. The average molecular weight is 652 g/mol. The van der Waals surface area contributed by atoms with Crippen LogP contribution in [0.25, 0.3) is 0 Å². The van der Waals surface area contributed by atoms with Gasteiger partial charge in [0.05, 0.1) is 45.8 Å². The van der Waals surface area contributed by atoms with E-state index >= 15 is 0 Å². The summed E-state index contributed by atoms with van der Waals surface area (Å²) in [6.45, 7) is 4.84. The van der Waals surface area contributed by atoms with E-state index in [0.29, 0.717) is 71.0 Å². The molecule has 3 aliphatic rings. The van der Waals surface area contributed by atoms with Crippen LogP contribution in [-0.2, 0) is 33.3 Å². The lowest BCUT2D eigenvalue weighted by Gasteiger charge is -2.44. The van der Waals surface area contributed by atoms with Crippen molar-refractivity contribution in [3.8, 4) is 0 Å². The fourth-order valence-corrected chi connectivity index (χ4v) is 6.64. The minimum atomic E-state index is -0.716. The number of carbonyl (C=O) groups is 3. The smallest absolute Gasteiger partial charge is 0.337 e. The van der Waals surface area contributed by atoms with Crippen molar-refractivity contribution in [3.63, 3.8) is 0 Å². The molecule has 3 aliphatic heterocycles. The molecule has 0 saturated carbocycles. The summed E-state index contributed by atoms with van der Waals surface area (Å²) in [6, 6.07) is 17.0. The predicted molar refractivity (Wildman–Crippen MR) is 172 cm³/mol. The van der Waals surface area contributed by atoms with Crippen molar-refractivity contribution >= 4 is 23.5 Å². The first-order valence-corrected chi connectivity index (χ1v) is 16.3. The molecule has 3 heterocycles. The van der Waals surface area contributed by atoms with Crippen molar-refractivity contribution in [1.29, 1.82) is 0 Å². The van der Waals surface area contributed by atoms with Crippen molar-refractivity contribution < 1.29 is 43.2 Å². The van der Waals surface area contributed by atoms with Gasteiger partial charge in [0.2, 0.25) is 12.2 Å². The number of hydrogen-bond acceptors (Lipinski definition) is 10. The van der Waals surface area contributed by atoms with Gasteiger partial charge in [0.1, 0.15) is 5.54 Å². The summed E-state index contributed by atoms with van der Waals surface area (Å²) in [5.41, 5.74) is 1.57. The molecule has 0 bridgehead atoms. The summed E-state index contributed by atoms with van der Waals surface area (Å²) in [4.78, 5) is 43.2. The molecule has 2 aromatic rings. The van der Waals surface area contributed by atoms with E-state index in [1.807, 2.05) is 55.5 Å². The molecule has 0 unspecified atom stereocenters. The van der Waals surface area contributed by atoms with Crippen LogP contribution < -0.4 is 10.2 Å². The molecule has 0 aromatic heterocycles. The summed E-state index contributed by atoms with van der Waals surface area (Å²) in [6.07, 6.45) is 2.68. The van der Waals surface area contributed by atoms with E-state index in [1.165, 1.54) is 7.11 Å². The highest BCUT2D eigenvalue weighted by atomic mass is 16.7. The van der Waals surface area contributed by atoms with Gasteiger partial charge in [0.25, 0.3) is 5.91 Å². The van der Waals surface area contributed by atoms with Gasteiger partial charge in [0.15, 0.2) is 5.76 Å². The molecule has 0 aliphatic carbocycles. The third-order valence-corrected chi connectivity index (χ3v) is 9.13. The van der Waals surface area contributed by atoms with Crippen LogP contribution in [0.4, 0.5) is 5.69 Å². The molecule has 254 valence electrons. The van der Waals surface area contributed by atoms with Crippen LogP contribution in [0.2, 0.25) is 0 Å². The van der Waals surface area contributed by atoms with Crippen molar-refractivity contribution in [3.05, 3.63) is 77.6 Å². The molecular weight excluding hydrogens is 606 g/mol. The molecular formula is C35H45N3O9. The summed E-state index contributed by atoms with van der Waals surface area (Å²) < 4.78 is 28.4. The second-order valence-electron chi connectivity index (χ2n) is 11.8. The largest absolute Gasteiger partial charge is 0.465 e. The number of piperidine rings is 1. The Balaban J connectivity index is 1.34. The SMILES string of the molecule is CCO[C@H]1OC(C(=O)N2CCC3(CC2)C(=O)NCN3c2ccccc2)=C[C@@H](c2ccc(C(=O)OC)cc2)[C@H]1CCOCCOCCO. The van der Waals surface area contributed by atoms with Crippen LogP contribution in [0, 0.1) is 5.92 Å². The maximum atomic E-state index is 14.0. The fourth-order valence-electron chi connectivity index (χ4n) is 6.64. The molecule has 2 amide bonds. The molecule has 5 rings (SSSR count). The number of carbonyl (C=O) groups excluding carboxylic acids is 3. The first-order valence-electron chi connectivity index (χ1n) is 16.3. The molecule has 47 heavy (non-hydrogen) atoms. The number of rotatable bonds is 14. The lowest BCUT2D eigenvalue weighted by molar-refractivity contribution is -0.172. The minimum Gasteiger partial charge on any atom is -0.465 e. The van der Waals surface area contributed by atoms with Gasteiger partial charge < -0.3 is 43.9 Å². The number of para-hydroxylation sites is 1. The highest BCUT2D eigenvalue weighted by Crippen LogP contribution is 2.41. The number of nitrogens with zero attached hydrogens (tertiary/aromatic N) is 2. The van der Waals surface area contributed by atoms with Gasteiger partial charge in [-0.15, -0.1) is 0 Å². The van der Waals surface area contributed by atoms with Gasteiger partial charge >= 0.3 is 5.97 Å². The van der Waals surface area contributed by atoms with Gasteiger partial charge in [-0.25, -0.2) is 4.79 Å². The van der Waals surface area contributed by atoms with Gasteiger partial charge in [-0.2, -0.15) is 0 Å². The van der Waals surface area contributed by atoms with Crippen LogP contribution in [0.1, 0.15) is 48.0 Å². The van der Waals surface area contributed by atoms with Gasteiger partial charge in [-0.1, -0.05) is 30.3 Å². The number of esters is 1. The Morgan fingerprint density at radius 3 is 2.36 bits per heavy atom. The third kappa shape index (κ3) is 7.78. The van der Waals surface area contributed by atoms with Gasteiger partial charge in [0, 0.05) is 43.8 Å². The molecule has 2 aromatic carbocycles. The molecule has 1 spiro atoms. The maximum absolute atomic E-state index is 14.0. The molecule has 0 radical (unpaired) electrons. The topological polar surface area (TPSA) is 136 Å². The Labute approximate surface area is 275 Å². The monoisotopic (exact) mass is 651 g/mol. The Bertz CT molecular complexity index is 1380. The summed E-state index contributed by atoms with van der Waals surface area (Å²) >= 11 is 0. The van der Waals surface area contributed by atoms with Gasteiger partial charge in [-0.3, -0.25) is 9.59 Å². The molecule has 2 fully saturated rings. The molecule has 12 heteroatoms. The third-order valence-electron chi connectivity index (χ3n) is 9.13. The first kappa shape index (κ1) is 34.4. The van der Waals surface area contributed by atoms with Crippen LogP contribution in [0.5, 0.6) is 0 Å². The van der Waals surface area contributed by atoms with Crippen molar-refractivity contribution in [1.82, 2.24) is 10.2 Å². The summed E-state index contributed by atoms with van der Waals surface area (Å²) in [5.74, 6) is -0.961. The highest BCUT2D eigenvalue weighted by molar-refractivity contribution is 5.95. The number of nitrogens with one attached hydrogen (secondary N) is 1. The lowest BCUT2D eigenvalue weighted by Crippen LogP contribution is -2.57. The first-order chi connectivity index (χ1) is 22.9. The van der Waals surface area contributed by atoms with E-state index in [4.69, 9.17) is 28.8 Å². The second-order valence-corrected chi connectivity index (χ2v) is 11.8. The highest BCUT2D eigenvalue weighted by Gasteiger charge is 2.51. The molecule has 3 atom stereocenters. The number of aliphatic hydroxyl groups is 1. The average Bonchev–Trinajstić information content (AvgIpc) is 3.42. The lowest BCUT2D eigenvalue weighted by atomic mass is 9.81. The standard InChI is InChI=1S/C35H45N3O9/c1-3-46-33-28(13-19-44-21-22-45-20-18-39)29(25-9-11-26(12-10-25)32(41)43-2)23-30(47-33)31(40)37-16-14-35(15-17-37)34(42)36-24-38(35)27-7-5-4-6-8-27/h4-12,23,28-29,33,39H,3,13-22,24H2,1-2H3,(H,36,42)/t28-,29+,33+/m1/s1. The molecule has 12 nitrogen and oxygen atoms in total. The number of hydrogen-bond donors (Lipinski definition) is 2. The summed E-state index contributed by atoms with van der Waals surface area (Å²) in [5, 5.41) is 11.9. The maximum Gasteiger partial charge on any atom is 0.337 e. The number of allylic oxidation sites excluding steroid dienone is 1.